The van der Waals surface area contributed by atoms with Crippen LogP contribution in [0.1, 0.15) is 17.8 Å². The van der Waals surface area contributed by atoms with Crippen molar-refractivity contribution in [3.8, 4) is 10.6 Å². The minimum atomic E-state index is 0.328. The zero-order valence-electron chi connectivity index (χ0n) is 10.3. The Labute approximate surface area is 109 Å². The molecule has 0 radical (unpaired) electrons. The molecule has 3 rings (SSSR count). The summed E-state index contributed by atoms with van der Waals surface area (Å²) in [6.07, 6.45) is 3.72. The quantitative estimate of drug-likeness (QED) is 0.775. The molecule has 4 heteroatoms. The van der Waals surface area contributed by atoms with Crippen LogP contribution >= 0.6 is 11.3 Å². The second-order valence-corrected chi connectivity index (χ2v) is 5.29. The van der Waals surface area contributed by atoms with Crippen LogP contribution in [0.2, 0.25) is 0 Å². The number of thiazole rings is 1. The van der Waals surface area contributed by atoms with Crippen LogP contribution in [0.3, 0.4) is 0 Å². The van der Waals surface area contributed by atoms with Crippen LogP contribution in [-0.4, -0.2) is 12.0 Å². The average molecular weight is 258 g/mol. The molecule has 2 heterocycles. The van der Waals surface area contributed by atoms with Crippen LogP contribution < -0.4 is 5.32 Å². The van der Waals surface area contributed by atoms with Gasteiger partial charge in [-0.1, -0.05) is 18.2 Å². The van der Waals surface area contributed by atoms with Gasteiger partial charge in [-0.25, -0.2) is 4.98 Å². The molecule has 0 saturated carbocycles. The van der Waals surface area contributed by atoms with Crippen molar-refractivity contribution >= 4 is 22.3 Å². The molecule has 0 aliphatic carbocycles. The number of hydrogen-bond acceptors (Lipinski definition) is 4. The molecule has 0 spiro atoms. The Hall–Kier alpha value is -1.65. The Morgan fingerprint density at radius 1 is 1.33 bits per heavy atom. The molecule has 1 aromatic carbocycles. The van der Waals surface area contributed by atoms with Crippen molar-refractivity contribution in [2.24, 2.45) is 0 Å². The maximum Gasteiger partial charge on any atom is 0.134 e. The Morgan fingerprint density at radius 2 is 2.17 bits per heavy atom. The van der Waals surface area contributed by atoms with E-state index in [4.69, 9.17) is 4.42 Å². The Morgan fingerprint density at radius 3 is 3.00 bits per heavy atom. The molecule has 1 unspecified atom stereocenters. The first-order valence-electron chi connectivity index (χ1n) is 5.89. The summed E-state index contributed by atoms with van der Waals surface area (Å²) in [7, 11) is 1.96. The van der Waals surface area contributed by atoms with Gasteiger partial charge in [0.2, 0.25) is 0 Å². The van der Waals surface area contributed by atoms with Crippen LogP contribution in [0.4, 0.5) is 0 Å². The first-order valence-corrected chi connectivity index (χ1v) is 6.71. The number of rotatable bonds is 3. The third kappa shape index (κ3) is 1.83. The van der Waals surface area contributed by atoms with E-state index >= 15 is 0 Å². The first kappa shape index (κ1) is 11.4. The summed E-state index contributed by atoms with van der Waals surface area (Å²) in [5.41, 5.74) is 1.98. The van der Waals surface area contributed by atoms with Crippen molar-refractivity contribution in [3.63, 3.8) is 0 Å². The molecule has 3 aromatic rings. The van der Waals surface area contributed by atoms with E-state index in [2.05, 4.69) is 23.3 Å². The fourth-order valence-corrected chi connectivity index (χ4v) is 2.89. The highest BCUT2D eigenvalue weighted by molar-refractivity contribution is 7.15. The van der Waals surface area contributed by atoms with E-state index in [-0.39, 0.29) is 0 Å². The summed E-state index contributed by atoms with van der Waals surface area (Å²) in [6.45, 7) is 2.13. The van der Waals surface area contributed by atoms with Gasteiger partial charge >= 0.3 is 0 Å². The Kier molecular flexibility index (Phi) is 2.89. The third-order valence-electron chi connectivity index (χ3n) is 3.09. The van der Waals surface area contributed by atoms with Crippen LogP contribution in [0, 0.1) is 0 Å². The zero-order valence-corrected chi connectivity index (χ0v) is 11.1. The van der Waals surface area contributed by atoms with Gasteiger partial charge < -0.3 is 9.73 Å². The van der Waals surface area contributed by atoms with Crippen LogP contribution in [0.5, 0.6) is 0 Å². The Balaban J connectivity index is 2.07. The van der Waals surface area contributed by atoms with E-state index in [1.54, 1.807) is 17.6 Å². The van der Waals surface area contributed by atoms with Gasteiger partial charge in [0, 0.05) is 22.5 Å². The molecular weight excluding hydrogens is 244 g/mol. The number of nitrogens with one attached hydrogen (secondary N) is 1. The molecule has 92 valence electrons. The second kappa shape index (κ2) is 4.55. The van der Waals surface area contributed by atoms with Gasteiger partial charge in [-0.2, -0.15) is 0 Å². The summed E-state index contributed by atoms with van der Waals surface area (Å²) in [5.74, 6) is 0. The summed E-state index contributed by atoms with van der Waals surface area (Å²) < 4.78 is 5.55. The van der Waals surface area contributed by atoms with E-state index < -0.39 is 0 Å². The van der Waals surface area contributed by atoms with E-state index in [9.17, 15) is 0 Å². The molecule has 0 aliphatic rings. The number of para-hydroxylation sites is 1. The molecule has 0 bridgehead atoms. The van der Waals surface area contributed by atoms with Crippen LogP contribution in [0.25, 0.3) is 21.5 Å². The van der Waals surface area contributed by atoms with Crippen molar-refractivity contribution in [2.45, 2.75) is 13.0 Å². The van der Waals surface area contributed by atoms with Crippen molar-refractivity contribution in [2.75, 3.05) is 7.05 Å². The van der Waals surface area contributed by atoms with Gasteiger partial charge in [0.1, 0.15) is 16.9 Å². The normalized spacial score (nSPS) is 13.0. The molecule has 3 nitrogen and oxygen atoms in total. The lowest BCUT2D eigenvalue weighted by atomic mass is 10.2. The summed E-state index contributed by atoms with van der Waals surface area (Å²) in [5, 5.41) is 5.36. The number of benzene rings is 1. The van der Waals surface area contributed by atoms with Gasteiger partial charge in [-0.15, -0.1) is 11.3 Å². The smallest absolute Gasteiger partial charge is 0.134 e. The van der Waals surface area contributed by atoms with Crippen LogP contribution in [0.15, 0.2) is 41.1 Å². The standard InChI is InChI=1S/C14H14N2OS/c1-9(15-2)13-7-16-14(18-13)11-8-17-12-6-4-3-5-10(11)12/h3-9,15H,1-2H3. The minimum absolute atomic E-state index is 0.328. The first-order chi connectivity index (χ1) is 8.79. The highest BCUT2D eigenvalue weighted by Crippen LogP contribution is 2.34. The second-order valence-electron chi connectivity index (χ2n) is 4.22. The molecule has 0 saturated heterocycles. The fourth-order valence-electron chi connectivity index (χ4n) is 1.90. The fraction of sp³-hybridized carbons (Fsp3) is 0.214. The third-order valence-corrected chi connectivity index (χ3v) is 4.31. The molecule has 0 aliphatic heterocycles. The minimum Gasteiger partial charge on any atom is -0.464 e. The number of nitrogens with zero attached hydrogens (tertiary/aromatic N) is 1. The van der Waals surface area contributed by atoms with Crippen molar-refractivity contribution < 1.29 is 4.42 Å². The summed E-state index contributed by atoms with van der Waals surface area (Å²) in [6, 6.07) is 8.37. The van der Waals surface area contributed by atoms with Gasteiger partial charge in [-0.3, -0.25) is 0 Å². The topological polar surface area (TPSA) is 38.1 Å². The number of hydrogen-bond donors (Lipinski definition) is 1. The maximum absolute atomic E-state index is 5.55. The molecule has 1 atom stereocenters. The Bertz CT molecular complexity index is 671. The lowest BCUT2D eigenvalue weighted by molar-refractivity contribution is 0.617. The highest BCUT2D eigenvalue weighted by atomic mass is 32.1. The van der Waals surface area contributed by atoms with Gasteiger partial charge in [-0.05, 0) is 20.0 Å². The maximum atomic E-state index is 5.55. The predicted octanol–water partition coefficient (Wildman–Crippen LogP) is 3.84. The number of furan rings is 1. The van der Waals surface area contributed by atoms with Crippen LogP contribution in [-0.2, 0) is 0 Å². The molecule has 1 N–H and O–H groups in total. The van der Waals surface area contributed by atoms with E-state index in [0.717, 1.165) is 21.5 Å². The monoisotopic (exact) mass is 258 g/mol. The number of aromatic nitrogens is 1. The molecule has 0 fully saturated rings. The molecular formula is C14H14N2OS. The van der Waals surface area contributed by atoms with Crippen molar-refractivity contribution in [1.82, 2.24) is 10.3 Å². The zero-order chi connectivity index (χ0) is 12.5. The molecule has 0 amide bonds. The highest BCUT2D eigenvalue weighted by Gasteiger charge is 2.13. The summed E-state index contributed by atoms with van der Waals surface area (Å²) >= 11 is 1.70. The van der Waals surface area contributed by atoms with Gasteiger partial charge in [0.25, 0.3) is 0 Å². The van der Waals surface area contributed by atoms with E-state index in [1.165, 1.54) is 4.88 Å². The molecule has 2 aromatic heterocycles. The van der Waals surface area contributed by atoms with Crippen molar-refractivity contribution in [1.29, 1.82) is 0 Å². The lowest BCUT2D eigenvalue weighted by Gasteiger charge is -2.04. The average Bonchev–Trinajstić information content (AvgIpc) is 3.03. The predicted molar refractivity (Wildman–Crippen MR) is 74.8 cm³/mol. The SMILES string of the molecule is CNC(C)c1cnc(-c2coc3ccccc23)s1. The number of fused-ring (bicyclic) bond motifs is 1. The molecule has 18 heavy (non-hydrogen) atoms. The van der Waals surface area contributed by atoms with E-state index in [1.807, 2.05) is 31.4 Å². The van der Waals surface area contributed by atoms with Gasteiger partial charge in [0.05, 0.1) is 5.56 Å². The van der Waals surface area contributed by atoms with E-state index in [0.29, 0.717) is 6.04 Å². The largest absolute Gasteiger partial charge is 0.464 e. The summed E-state index contributed by atoms with van der Waals surface area (Å²) in [4.78, 5) is 5.73. The van der Waals surface area contributed by atoms with Crippen molar-refractivity contribution in [3.05, 3.63) is 41.6 Å². The lowest BCUT2D eigenvalue weighted by Crippen LogP contribution is -2.10. The van der Waals surface area contributed by atoms with Gasteiger partial charge in [0.15, 0.2) is 0 Å².